The molecule has 0 bridgehead atoms. The highest BCUT2D eigenvalue weighted by molar-refractivity contribution is 6.33. The Morgan fingerprint density at radius 2 is 1.82 bits per heavy atom. The van der Waals surface area contributed by atoms with Crippen LogP contribution < -0.4 is 5.32 Å². The molecular weight excluding hydrogens is 395 g/mol. The summed E-state index contributed by atoms with van der Waals surface area (Å²) in [5.74, 6) is -1.37. The third-order valence-corrected chi connectivity index (χ3v) is 4.87. The molecule has 0 aliphatic heterocycles. The van der Waals surface area contributed by atoms with Crippen molar-refractivity contribution < 1.29 is 27.5 Å². The van der Waals surface area contributed by atoms with E-state index in [0.717, 1.165) is 18.2 Å². The lowest BCUT2D eigenvalue weighted by atomic mass is 10.1. The number of benzene rings is 2. The van der Waals surface area contributed by atoms with Gasteiger partial charge >= 0.3 is 12.1 Å². The first kappa shape index (κ1) is 20.2. The summed E-state index contributed by atoms with van der Waals surface area (Å²) in [5, 5.41) is 2.29. The Bertz CT molecular complexity index is 886. The summed E-state index contributed by atoms with van der Waals surface area (Å²) in [4.78, 5) is 25.0. The van der Waals surface area contributed by atoms with Gasteiger partial charge in [0.2, 0.25) is 6.10 Å². The maximum Gasteiger partial charge on any atom is 0.416 e. The molecule has 1 saturated carbocycles. The van der Waals surface area contributed by atoms with E-state index in [1.165, 1.54) is 0 Å². The zero-order valence-electron chi connectivity index (χ0n) is 14.8. The Morgan fingerprint density at radius 1 is 1.18 bits per heavy atom. The molecule has 1 fully saturated rings. The largest absolute Gasteiger partial charge is 0.447 e. The predicted octanol–water partition coefficient (Wildman–Crippen LogP) is 5.24. The second-order valence-electron chi connectivity index (χ2n) is 6.73. The van der Waals surface area contributed by atoms with Crippen molar-refractivity contribution in [3.8, 4) is 0 Å². The van der Waals surface area contributed by atoms with E-state index in [9.17, 15) is 22.8 Å². The van der Waals surface area contributed by atoms with Crippen LogP contribution in [-0.4, -0.2) is 11.9 Å². The van der Waals surface area contributed by atoms with Gasteiger partial charge in [0, 0.05) is 5.56 Å². The molecule has 0 spiro atoms. The molecule has 1 aliphatic carbocycles. The van der Waals surface area contributed by atoms with E-state index in [2.05, 4.69) is 5.32 Å². The minimum absolute atomic E-state index is 0.0599. The molecule has 0 radical (unpaired) electrons. The quantitative estimate of drug-likeness (QED) is 0.685. The summed E-state index contributed by atoms with van der Waals surface area (Å²) in [6.45, 7) is 1.89. The Morgan fingerprint density at radius 3 is 2.39 bits per heavy atom. The third-order valence-electron chi connectivity index (χ3n) is 4.54. The monoisotopic (exact) mass is 411 g/mol. The first-order valence-electron chi connectivity index (χ1n) is 8.60. The van der Waals surface area contributed by atoms with Crippen LogP contribution in [0.2, 0.25) is 5.02 Å². The number of ether oxygens (including phenoxy) is 1. The number of hydrogen-bond donors (Lipinski definition) is 1. The van der Waals surface area contributed by atoms with Crippen molar-refractivity contribution in [1.29, 1.82) is 0 Å². The van der Waals surface area contributed by atoms with Crippen LogP contribution in [0.15, 0.2) is 48.5 Å². The summed E-state index contributed by atoms with van der Waals surface area (Å²) in [6, 6.07) is 10.9. The molecule has 0 unspecified atom stereocenters. The van der Waals surface area contributed by atoms with Crippen LogP contribution in [0.4, 0.5) is 18.9 Å². The molecule has 1 amide bonds. The fraction of sp³-hybridized carbons (Fsp3) is 0.300. The summed E-state index contributed by atoms with van der Waals surface area (Å²) >= 11 is 5.94. The van der Waals surface area contributed by atoms with Crippen LogP contribution in [0.1, 0.15) is 30.6 Å². The number of halogens is 4. The van der Waals surface area contributed by atoms with Crippen molar-refractivity contribution in [2.24, 2.45) is 11.8 Å². The van der Waals surface area contributed by atoms with Gasteiger partial charge in [0.25, 0.3) is 5.91 Å². The van der Waals surface area contributed by atoms with Gasteiger partial charge in [-0.2, -0.15) is 13.2 Å². The van der Waals surface area contributed by atoms with Crippen molar-refractivity contribution in [2.75, 3.05) is 5.32 Å². The number of rotatable bonds is 5. The van der Waals surface area contributed by atoms with Gasteiger partial charge in [-0.3, -0.25) is 9.59 Å². The molecule has 4 nitrogen and oxygen atoms in total. The maximum absolute atomic E-state index is 12.9. The van der Waals surface area contributed by atoms with Crippen LogP contribution in [0.5, 0.6) is 0 Å². The number of alkyl halides is 3. The fourth-order valence-corrected chi connectivity index (χ4v) is 2.92. The summed E-state index contributed by atoms with van der Waals surface area (Å²) < 4.78 is 44.2. The Labute approximate surface area is 164 Å². The van der Waals surface area contributed by atoms with Crippen LogP contribution >= 0.6 is 11.6 Å². The highest BCUT2D eigenvalue weighted by Crippen LogP contribution is 2.40. The number of esters is 1. The minimum Gasteiger partial charge on any atom is -0.447 e. The molecule has 148 valence electrons. The summed E-state index contributed by atoms with van der Waals surface area (Å²) in [6.07, 6.45) is -5.20. The minimum atomic E-state index is -4.59. The highest BCUT2D eigenvalue weighted by Gasteiger charge is 2.42. The predicted molar refractivity (Wildman–Crippen MR) is 97.6 cm³/mol. The van der Waals surface area contributed by atoms with E-state index in [-0.39, 0.29) is 22.5 Å². The number of hydrogen-bond acceptors (Lipinski definition) is 3. The summed E-state index contributed by atoms with van der Waals surface area (Å²) in [7, 11) is 0. The van der Waals surface area contributed by atoms with Gasteiger partial charge in [-0.05, 0) is 30.5 Å². The SMILES string of the molecule is C[C@@H]1C[C@@H]1C(=O)O[C@H](C(=O)Nc1cc(C(F)(F)F)ccc1Cl)c1ccccc1. The zero-order valence-corrected chi connectivity index (χ0v) is 15.6. The molecule has 1 aliphatic rings. The Hall–Kier alpha value is -2.54. The Kier molecular flexibility index (Phi) is 5.65. The molecule has 0 heterocycles. The third kappa shape index (κ3) is 4.65. The smallest absolute Gasteiger partial charge is 0.416 e. The van der Waals surface area contributed by atoms with Crippen molar-refractivity contribution >= 4 is 29.2 Å². The second-order valence-corrected chi connectivity index (χ2v) is 7.14. The first-order valence-corrected chi connectivity index (χ1v) is 8.97. The lowest BCUT2D eigenvalue weighted by Crippen LogP contribution is -2.27. The van der Waals surface area contributed by atoms with E-state index in [4.69, 9.17) is 16.3 Å². The maximum atomic E-state index is 12.9. The lowest BCUT2D eigenvalue weighted by molar-refractivity contribution is -0.156. The number of carbonyl (C=O) groups is 2. The molecule has 3 atom stereocenters. The molecule has 0 aromatic heterocycles. The molecule has 1 N–H and O–H groups in total. The van der Waals surface area contributed by atoms with Gasteiger partial charge in [-0.1, -0.05) is 48.9 Å². The lowest BCUT2D eigenvalue weighted by Gasteiger charge is -2.19. The van der Waals surface area contributed by atoms with E-state index in [1.807, 2.05) is 6.92 Å². The number of anilines is 1. The average Bonchev–Trinajstić information content (AvgIpc) is 3.38. The number of carbonyl (C=O) groups excluding carboxylic acids is 2. The van der Waals surface area contributed by atoms with E-state index in [0.29, 0.717) is 12.0 Å². The molecule has 28 heavy (non-hydrogen) atoms. The topological polar surface area (TPSA) is 55.4 Å². The normalized spacial score (nSPS) is 19.6. The molecule has 8 heteroatoms. The van der Waals surface area contributed by atoms with Gasteiger partial charge in [0.05, 0.1) is 22.2 Å². The van der Waals surface area contributed by atoms with Crippen LogP contribution in [0.3, 0.4) is 0 Å². The molecular formula is C20H17ClF3NO3. The van der Waals surface area contributed by atoms with Crippen molar-refractivity contribution in [1.82, 2.24) is 0 Å². The van der Waals surface area contributed by atoms with Crippen molar-refractivity contribution in [3.05, 3.63) is 64.7 Å². The zero-order chi connectivity index (χ0) is 20.5. The average molecular weight is 412 g/mol. The first-order chi connectivity index (χ1) is 13.2. The molecule has 0 saturated heterocycles. The standard InChI is InChI=1S/C20H17ClF3NO3/c1-11-9-14(11)19(27)28-17(12-5-3-2-4-6-12)18(26)25-16-10-13(20(22,23)24)7-8-15(16)21/h2-8,10-11,14,17H,9H2,1H3,(H,25,26)/t11-,14+,17+/m1/s1. The van der Waals surface area contributed by atoms with E-state index in [1.54, 1.807) is 30.3 Å². The number of nitrogens with one attached hydrogen (secondary N) is 1. The van der Waals surface area contributed by atoms with Crippen molar-refractivity contribution in [2.45, 2.75) is 25.6 Å². The van der Waals surface area contributed by atoms with Crippen LogP contribution in [0.25, 0.3) is 0 Å². The highest BCUT2D eigenvalue weighted by atomic mass is 35.5. The molecule has 2 aromatic carbocycles. The number of amides is 1. The molecule has 2 aromatic rings. The second kappa shape index (κ2) is 7.83. The van der Waals surface area contributed by atoms with Gasteiger partial charge in [0.1, 0.15) is 0 Å². The van der Waals surface area contributed by atoms with Crippen LogP contribution in [0, 0.1) is 11.8 Å². The van der Waals surface area contributed by atoms with Crippen molar-refractivity contribution in [3.63, 3.8) is 0 Å². The van der Waals surface area contributed by atoms with Gasteiger partial charge in [-0.15, -0.1) is 0 Å². The van der Waals surface area contributed by atoms with Gasteiger partial charge in [0.15, 0.2) is 0 Å². The summed E-state index contributed by atoms with van der Waals surface area (Å²) in [5.41, 5.74) is -0.754. The van der Waals surface area contributed by atoms with Gasteiger partial charge < -0.3 is 10.1 Å². The van der Waals surface area contributed by atoms with E-state index >= 15 is 0 Å². The van der Waals surface area contributed by atoms with Gasteiger partial charge in [-0.25, -0.2) is 0 Å². The fourth-order valence-electron chi connectivity index (χ4n) is 2.75. The Balaban J connectivity index is 1.84. The van der Waals surface area contributed by atoms with E-state index < -0.39 is 29.7 Å². The van der Waals surface area contributed by atoms with Crippen LogP contribution in [-0.2, 0) is 20.5 Å². The molecule has 3 rings (SSSR count).